The summed E-state index contributed by atoms with van der Waals surface area (Å²) in [6.07, 6.45) is 3.96. The number of hydrogen-bond donors (Lipinski definition) is 1. The summed E-state index contributed by atoms with van der Waals surface area (Å²) >= 11 is 0. The van der Waals surface area contributed by atoms with Crippen LogP contribution in [0.5, 0.6) is 5.88 Å². The van der Waals surface area contributed by atoms with Crippen molar-refractivity contribution in [1.29, 1.82) is 0 Å². The highest BCUT2D eigenvalue weighted by atomic mass is 32.2. The number of nitrogens with two attached hydrogens (primary N) is 1. The van der Waals surface area contributed by atoms with E-state index in [0.717, 1.165) is 43.4 Å². The molecule has 2 N–H and O–H groups in total. The van der Waals surface area contributed by atoms with Gasteiger partial charge in [-0.15, -0.1) is 0 Å². The van der Waals surface area contributed by atoms with Crippen LogP contribution in [0.25, 0.3) is 0 Å². The number of anilines is 1. The zero-order valence-electron chi connectivity index (χ0n) is 25.5. The maximum atomic E-state index is 13.2. The highest BCUT2D eigenvalue weighted by Gasteiger charge is 2.30. The first-order chi connectivity index (χ1) is 20.8. The van der Waals surface area contributed by atoms with Gasteiger partial charge in [-0.3, -0.25) is 0 Å². The lowest BCUT2D eigenvalue weighted by atomic mass is 10.1. The summed E-state index contributed by atoms with van der Waals surface area (Å²) in [4.78, 5) is 13.3. The number of sulfone groups is 1. The average molecular weight is 638 g/mol. The number of hydrogen-bond acceptors (Lipinski definition) is 9. The van der Waals surface area contributed by atoms with Crippen molar-refractivity contribution in [3.05, 3.63) is 77.6 Å². The number of rotatable bonds is 16. The Kier molecular flexibility index (Phi) is 12.5. The van der Waals surface area contributed by atoms with Crippen LogP contribution < -0.4 is 15.4 Å². The van der Waals surface area contributed by atoms with E-state index >= 15 is 0 Å². The second kappa shape index (κ2) is 15.8. The van der Waals surface area contributed by atoms with Crippen LogP contribution in [0.3, 0.4) is 0 Å². The number of halogens is 3. The second-order valence-corrected chi connectivity index (χ2v) is 13.0. The van der Waals surface area contributed by atoms with Gasteiger partial charge >= 0.3 is 6.18 Å². The van der Waals surface area contributed by atoms with Gasteiger partial charge in [-0.05, 0) is 49.4 Å². The number of allylic oxidation sites excluding steroid dienone is 1. The van der Waals surface area contributed by atoms with Crippen LogP contribution >= 0.6 is 0 Å². The lowest BCUT2D eigenvalue weighted by Crippen LogP contribution is -2.31. The van der Waals surface area contributed by atoms with E-state index in [1.807, 2.05) is 12.1 Å². The van der Waals surface area contributed by atoms with Gasteiger partial charge in [-0.2, -0.15) is 13.2 Å². The van der Waals surface area contributed by atoms with Gasteiger partial charge < -0.3 is 25.0 Å². The molecule has 3 rings (SSSR count). The number of aromatic nitrogens is 1. The summed E-state index contributed by atoms with van der Waals surface area (Å²) in [5.41, 5.74) is 7.16. The molecule has 13 heteroatoms. The fourth-order valence-electron chi connectivity index (χ4n) is 4.99. The molecule has 0 saturated heterocycles. The number of benzene rings is 1. The molecule has 1 fully saturated rings. The Morgan fingerprint density at radius 3 is 2.41 bits per heavy atom. The molecule has 2 aromatic rings. The largest absolute Gasteiger partial charge is 0.489 e. The predicted molar refractivity (Wildman–Crippen MR) is 167 cm³/mol. The lowest BCUT2D eigenvalue weighted by molar-refractivity contribution is -0.137. The monoisotopic (exact) mass is 637 g/mol. The van der Waals surface area contributed by atoms with Crippen LogP contribution in [-0.4, -0.2) is 63.3 Å². The van der Waals surface area contributed by atoms with E-state index in [4.69, 9.17) is 20.2 Å². The molecule has 0 amide bonds. The molecule has 0 unspecified atom stereocenters. The molecule has 1 aromatic heterocycles. The average Bonchev–Trinajstić information content (AvgIpc) is 3.49. The molecule has 9 nitrogen and oxygen atoms in total. The molecule has 0 spiro atoms. The molecule has 242 valence electrons. The summed E-state index contributed by atoms with van der Waals surface area (Å²) in [5.74, 6) is 1.23. The van der Waals surface area contributed by atoms with Crippen molar-refractivity contribution >= 4 is 21.7 Å². The van der Waals surface area contributed by atoms with E-state index in [1.54, 1.807) is 4.90 Å². The van der Waals surface area contributed by atoms with Gasteiger partial charge in [-0.25, -0.2) is 18.4 Å². The SMILES string of the molecule is C=C(N=C/C(=C\N)OCCS(C)(=O)=O)N(Cc1ccc(C(F)(F)F)cc1)Cc1nc(OC)ccc1N(CC)CC1CCCC1. The lowest BCUT2D eigenvalue weighted by Gasteiger charge is -2.31. The first-order valence-electron chi connectivity index (χ1n) is 14.5. The summed E-state index contributed by atoms with van der Waals surface area (Å²) in [6.45, 7) is 8.15. The van der Waals surface area contributed by atoms with Crippen LogP contribution in [0.4, 0.5) is 18.9 Å². The second-order valence-electron chi connectivity index (χ2n) is 10.8. The van der Waals surface area contributed by atoms with Crippen LogP contribution in [0, 0.1) is 5.92 Å². The molecule has 1 saturated carbocycles. The predicted octanol–water partition coefficient (Wildman–Crippen LogP) is 5.53. The fourth-order valence-corrected chi connectivity index (χ4v) is 5.38. The minimum atomic E-state index is -4.45. The zero-order valence-corrected chi connectivity index (χ0v) is 26.3. The Labute approximate surface area is 258 Å². The zero-order chi connectivity index (χ0) is 32.3. The summed E-state index contributed by atoms with van der Waals surface area (Å²) in [6, 6.07) is 8.72. The number of aliphatic imine (C=N–C) groups is 1. The van der Waals surface area contributed by atoms with E-state index in [1.165, 1.54) is 51.1 Å². The fraction of sp³-hybridized carbons (Fsp3) is 0.484. The highest BCUT2D eigenvalue weighted by molar-refractivity contribution is 7.90. The first-order valence-corrected chi connectivity index (χ1v) is 16.5. The molecule has 1 aliphatic carbocycles. The van der Waals surface area contributed by atoms with Gasteiger partial charge in [0, 0.05) is 38.2 Å². The van der Waals surface area contributed by atoms with Gasteiger partial charge in [0.2, 0.25) is 5.88 Å². The number of nitrogens with zero attached hydrogens (tertiary/aromatic N) is 4. The molecule has 0 aliphatic heterocycles. The van der Waals surface area contributed by atoms with E-state index in [0.29, 0.717) is 23.1 Å². The molecular weight excluding hydrogens is 595 g/mol. The Balaban J connectivity index is 1.92. The third-order valence-corrected chi connectivity index (χ3v) is 8.31. The van der Waals surface area contributed by atoms with Gasteiger partial charge in [0.15, 0.2) is 15.6 Å². The Morgan fingerprint density at radius 2 is 1.84 bits per heavy atom. The van der Waals surface area contributed by atoms with Crippen molar-refractivity contribution in [2.24, 2.45) is 16.6 Å². The number of methoxy groups -OCH3 is 1. The Bertz CT molecular complexity index is 1410. The maximum absolute atomic E-state index is 13.2. The topological polar surface area (TPSA) is 110 Å². The molecule has 1 heterocycles. The minimum Gasteiger partial charge on any atom is -0.489 e. The third kappa shape index (κ3) is 10.8. The Hall–Kier alpha value is -3.74. The summed E-state index contributed by atoms with van der Waals surface area (Å²) in [7, 11) is -1.70. The molecule has 0 atom stereocenters. The minimum absolute atomic E-state index is 0.111. The van der Waals surface area contributed by atoms with Crippen molar-refractivity contribution in [2.45, 2.75) is 51.9 Å². The van der Waals surface area contributed by atoms with E-state index in [2.05, 4.69) is 23.4 Å². The molecule has 1 aromatic carbocycles. The van der Waals surface area contributed by atoms with E-state index in [9.17, 15) is 21.6 Å². The highest BCUT2D eigenvalue weighted by Crippen LogP contribution is 2.32. The van der Waals surface area contributed by atoms with Crippen molar-refractivity contribution in [3.63, 3.8) is 0 Å². The summed E-state index contributed by atoms with van der Waals surface area (Å²) in [5, 5.41) is 0. The van der Waals surface area contributed by atoms with Crippen LogP contribution in [0.15, 0.2) is 65.7 Å². The molecule has 0 radical (unpaired) electrons. The van der Waals surface area contributed by atoms with Gasteiger partial charge in [-0.1, -0.05) is 31.6 Å². The van der Waals surface area contributed by atoms with Crippen molar-refractivity contribution in [2.75, 3.05) is 43.7 Å². The Morgan fingerprint density at radius 1 is 1.16 bits per heavy atom. The molecule has 0 bridgehead atoms. The quantitative estimate of drug-likeness (QED) is 0.189. The number of alkyl halides is 3. The number of pyridine rings is 1. The molecule has 44 heavy (non-hydrogen) atoms. The van der Waals surface area contributed by atoms with Crippen LogP contribution in [0.1, 0.15) is 49.4 Å². The summed E-state index contributed by atoms with van der Waals surface area (Å²) < 4.78 is 73.4. The van der Waals surface area contributed by atoms with Crippen molar-refractivity contribution in [3.8, 4) is 5.88 Å². The van der Waals surface area contributed by atoms with Crippen LogP contribution in [0.2, 0.25) is 0 Å². The van der Waals surface area contributed by atoms with E-state index in [-0.39, 0.29) is 37.0 Å². The van der Waals surface area contributed by atoms with Gasteiger partial charge in [0.1, 0.15) is 12.4 Å². The third-order valence-electron chi connectivity index (χ3n) is 7.40. The van der Waals surface area contributed by atoms with E-state index < -0.39 is 21.6 Å². The van der Waals surface area contributed by atoms with Crippen LogP contribution in [-0.2, 0) is 33.8 Å². The smallest absolute Gasteiger partial charge is 0.416 e. The first kappa shape index (κ1) is 34.7. The van der Waals surface area contributed by atoms with Gasteiger partial charge in [0.05, 0.1) is 42.6 Å². The van der Waals surface area contributed by atoms with Crippen molar-refractivity contribution < 1.29 is 31.1 Å². The van der Waals surface area contributed by atoms with Crippen molar-refractivity contribution in [1.82, 2.24) is 9.88 Å². The maximum Gasteiger partial charge on any atom is 0.416 e. The number of ether oxygens (including phenoxy) is 2. The molecule has 1 aliphatic rings. The normalized spacial score (nSPS) is 14.6. The standard InChI is InChI=1S/C31H42F3N5O4S/c1-5-38(20-24-8-6-7-9-24)29-14-15-30(42-3)37-28(29)22-39(21-25-10-12-26(13-11-25)31(32,33)34)23(2)36-19-27(18-35)43-16-17-44(4,40)41/h10-15,18-19,24H,2,5-9,16-17,20-22,35H2,1,3-4H3/b27-18+,36-19?. The van der Waals surface area contributed by atoms with Gasteiger partial charge in [0.25, 0.3) is 0 Å². The molecular formula is C31H42F3N5O4S.